The summed E-state index contributed by atoms with van der Waals surface area (Å²) in [6.45, 7) is -0.283. The standard InChI is InChI=1S/C12H16N2O5S/c1-19-11(16)9-6-8(13)2-3-10(9)20(17,18)14-12(7-15)4-5-12/h2-3,6,14-15H,4-5,7,13H2,1H3. The summed E-state index contributed by atoms with van der Waals surface area (Å²) >= 11 is 0. The lowest BCUT2D eigenvalue weighted by atomic mass is 10.2. The molecule has 4 N–H and O–H groups in total. The molecule has 0 bridgehead atoms. The number of aliphatic hydroxyl groups excluding tert-OH is 1. The monoisotopic (exact) mass is 300 g/mol. The number of benzene rings is 1. The van der Waals surface area contributed by atoms with Gasteiger partial charge in [0.05, 0.1) is 29.7 Å². The molecule has 0 unspecified atom stereocenters. The summed E-state index contributed by atoms with van der Waals surface area (Å²) < 4.78 is 31.6. The number of anilines is 1. The van der Waals surface area contributed by atoms with E-state index in [9.17, 15) is 18.3 Å². The molecule has 0 heterocycles. The molecule has 1 saturated carbocycles. The van der Waals surface area contributed by atoms with Crippen LogP contribution in [0.3, 0.4) is 0 Å². The second-order valence-corrected chi connectivity index (χ2v) is 6.44. The summed E-state index contributed by atoms with van der Waals surface area (Å²) in [7, 11) is -2.78. The highest BCUT2D eigenvalue weighted by Gasteiger charge is 2.46. The third-order valence-electron chi connectivity index (χ3n) is 3.21. The third kappa shape index (κ3) is 2.77. The van der Waals surface area contributed by atoms with Crippen molar-refractivity contribution in [1.29, 1.82) is 0 Å². The van der Waals surface area contributed by atoms with Gasteiger partial charge in [0.25, 0.3) is 0 Å². The Bertz CT molecular complexity index is 637. The van der Waals surface area contributed by atoms with Crippen molar-refractivity contribution >= 4 is 21.7 Å². The van der Waals surface area contributed by atoms with Gasteiger partial charge < -0.3 is 15.6 Å². The van der Waals surface area contributed by atoms with Crippen LogP contribution in [0.2, 0.25) is 0 Å². The van der Waals surface area contributed by atoms with Crippen molar-refractivity contribution in [3.05, 3.63) is 23.8 Å². The zero-order chi connectivity index (χ0) is 15.0. The number of rotatable bonds is 5. The first kappa shape index (κ1) is 14.8. The van der Waals surface area contributed by atoms with Gasteiger partial charge >= 0.3 is 5.97 Å². The largest absolute Gasteiger partial charge is 0.465 e. The van der Waals surface area contributed by atoms with E-state index in [0.717, 1.165) is 7.11 Å². The number of nitrogens with two attached hydrogens (primary N) is 1. The van der Waals surface area contributed by atoms with E-state index in [4.69, 9.17) is 5.73 Å². The van der Waals surface area contributed by atoms with E-state index < -0.39 is 21.5 Å². The van der Waals surface area contributed by atoms with Crippen LogP contribution in [-0.4, -0.2) is 38.7 Å². The Morgan fingerprint density at radius 1 is 1.50 bits per heavy atom. The van der Waals surface area contributed by atoms with Crippen LogP contribution in [0.4, 0.5) is 5.69 Å². The number of carbonyl (C=O) groups excluding carboxylic acids is 1. The molecule has 1 aliphatic carbocycles. The number of methoxy groups -OCH3 is 1. The number of hydrogen-bond acceptors (Lipinski definition) is 6. The maximum atomic E-state index is 12.3. The molecular weight excluding hydrogens is 284 g/mol. The lowest BCUT2D eigenvalue weighted by Crippen LogP contribution is -2.40. The average Bonchev–Trinajstić information content (AvgIpc) is 3.17. The molecule has 20 heavy (non-hydrogen) atoms. The smallest absolute Gasteiger partial charge is 0.339 e. The van der Waals surface area contributed by atoms with Gasteiger partial charge in [-0.15, -0.1) is 0 Å². The maximum absolute atomic E-state index is 12.3. The number of hydrogen-bond donors (Lipinski definition) is 3. The van der Waals surface area contributed by atoms with Crippen molar-refractivity contribution in [3.8, 4) is 0 Å². The van der Waals surface area contributed by atoms with E-state index in [0.29, 0.717) is 12.8 Å². The highest BCUT2D eigenvalue weighted by Crippen LogP contribution is 2.36. The van der Waals surface area contributed by atoms with Crippen LogP contribution in [-0.2, 0) is 14.8 Å². The first-order chi connectivity index (χ1) is 9.33. The van der Waals surface area contributed by atoms with Crippen LogP contribution in [0.25, 0.3) is 0 Å². The second kappa shape index (κ2) is 5.04. The van der Waals surface area contributed by atoms with Crippen LogP contribution in [0, 0.1) is 0 Å². The summed E-state index contributed by atoms with van der Waals surface area (Å²) in [4.78, 5) is 11.5. The van der Waals surface area contributed by atoms with E-state index in [-0.39, 0.29) is 22.8 Å². The molecule has 8 heteroatoms. The summed E-state index contributed by atoms with van der Waals surface area (Å²) in [5.41, 5.74) is 4.88. The number of ether oxygens (including phenoxy) is 1. The summed E-state index contributed by atoms with van der Waals surface area (Å²) in [6, 6.07) is 3.88. The molecular formula is C12H16N2O5S. The van der Waals surface area contributed by atoms with E-state index >= 15 is 0 Å². The molecule has 0 aliphatic heterocycles. The highest BCUT2D eigenvalue weighted by atomic mass is 32.2. The fraction of sp³-hybridized carbons (Fsp3) is 0.417. The predicted octanol–water partition coefficient (Wildman–Crippen LogP) is -0.141. The SMILES string of the molecule is COC(=O)c1cc(N)ccc1S(=O)(=O)NC1(CO)CC1. The third-order valence-corrected chi connectivity index (χ3v) is 4.84. The molecule has 0 atom stereocenters. The molecule has 1 fully saturated rings. The summed E-state index contributed by atoms with van der Waals surface area (Å²) in [6.07, 6.45) is 1.12. The minimum Gasteiger partial charge on any atom is -0.465 e. The van der Waals surface area contributed by atoms with Gasteiger partial charge in [0.2, 0.25) is 10.0 Å². The van der Waals surface area contributed by atoms with Gasteiger partial charge in [-0.3, -0.25) is 0 Å². The van der Waals surface area contributed by atoms with Crippen LogP contribution in [0.5, 0.6) is 0 Å². The fourth-order valence-electron chi connectivity index (χ4n) is 1.83. The minimum absolute atomic E-state index is 0.131. The second-order valence-electron chi connectivity index (χ2n) is 4.79. The number of sulfonamides is 1. The first-order valence-electron chi connectivity index (χ1n) is 5.96. The fourth-order valence-corrected chi connectivity index (χ4v) is 3.46. The number of esters is 1. The highest BCUT2D eigenvalue weighted by molar-refractivity contribution is 7.89. The molecule has 0 amide bonds. The van der Waals surface area contributed by atoms with Crippen LogP contribution in [0.15, 0.2) is 23.1 Å². The molecule has 0 aromatic heterocycles. The van der Waals surface area contributed by atoms with Gasteiger partial charge in [-0.1, -0.05) is 0 Å². The van der Waals surface area contributed by atoms with Crippen molar-refractivity contribution in [2.75, 3.05) is 19.5 Å². The summed E-state index contributed by atoms with van der Waals surface area (Å²) in [5.74, 6) is -0.786. The Labute approximate surface area is 116 Å². The van der Waals surface area contributed by atoms with E-state index in [2.05, 4.69) is 9.46 Å². The van der Waals surface area contributed by atoms with Crippen molar-refractivity contribution < 1.29 is 23.1 Å². The van der Waals surface area contributed by atoms with E-state index in [1.165, 1.54) is 18.2 Å². The average molecular weight is 300 g/mol. The van der Waals surface area contributed by atoms with Gasteiger partial charge in [-0.05, 0) is 31.0 Å². The molecule has 1 aromatic carbocycles. The lowest BCUT2D eigenvalue weighted by Gasteiger charge is -2.16. The topological polar surface area (TPSA) is 119 Å². The Morgan fingerprint density at radius 2 is 2.15 bits per heavy atom. The van der Waals surface area contributed by atoms with Crippen LogP contribution >= 0.6 is 0 Å². The molecule has 1 aromatic rings. The van der Waals surface area contributed by atoms with Gasteiger partial charge in [-0.2, -0.15) is 0 Å². The quantitative estimate of drug-likeness (QED) is 0.514. The molecule has 1 aliphatic rings. The Kier molecular flexibility index (Phi) is 3.72. The van der Waals surface area contributed by atoms with Crippen molar-refractivity contribution in [2.45, 2.75) is 23.3 Å². The zero-order valence-corrected chi connectivity index (χ0v) is 11.7. The normalized spacial score (nSPS) is 16.7. The Balaban J connectivity index is 2.43. The first-order valence-corrected chi connectivity index (χ1v) is 7.44. The molecule has 0 spiro atoms. The molecule has 2 rings (SSSR count). The minimum atomic E-state index is -3.94. The van der Waals surface area contributed by atoms with Crippen LogP contribution < -0.4 is 10.5 Å². The number of nitrogen functional groups attached to an aromatic ring is 1. The molecule has 0 saturated heterocycles. The Morgan fingerprint density at radius 3 is 2.65 bits per heavy atom. The predicted molar refractivity (Wildman–Crippen MR) is 71.6 cm³/mol. The number of aliphatic hydroxyl groups is 1. The van der Waals surface area contributed by atoms with Crippen molar-refractivity contribution in [2.24, 2.45) is 0 Å². The molecule has 110 valence electrons. The van der Waals surface area contributed by atoms with E-state index in [1.54, 1.807) is 0 Å². The zero-order valence-electron chi connectivity index (χ0n) is 10.9. The van der Waals surface area contributed by atoms with Gasteiger partial charge in [0, 0.05) is 5.69 Å². The Hall–Kier alpha value is -1.64. The van der Waals surface area contributed by atoms with Gasteiger partial charge in [0.1, 0.15) is 0 Å². The lowest BCUT2D eigenvalue weighted by molar-refractivity contribution is 0.0596. The van der Waals surface area contributed by atoms with Crippen molar-refractivity contribution in [3.63, 3.8) is 0 Å². The van der Waals surface area contributed by atoms with Crippen LogP contribution in [0.1, 0.15) is 23.2 Å². The number of nitrogens with one attached hydrogen (secondary N) is 1. The summed E-state index contributed by atoms with van der Waals surface area (Å²) in [5, 5.41) is 9.20. The molecule has 0 radical (unpaired) electrons. The maximum Gasteiger partial charge on any atom is 0.339 e. The van der Waals surface area contributed by atoms with Gasteiger partial charge in [-0.25, -0.2) is 17.9 Å². The van der Waals surface area contributed by atoms with Gasteiger partial charge in [0.15, 0.2) is 0 Å². The van der Waals surface area contributed by atoms with E-state index in [1.807, 2.05) is 0 Å². The molecule has 7 nitrogen and oxygen atoms in total. The van der Waals surface area contributed by atoms with Crippen molar-refractivity contribution in [1.82, 2.24) is 4.72 Å². The number of carbonyl (C=O) groups is 1.